The number of nitrogens with one attached hydrogen (secondary N) is 1. The average Bonchev–Trinajstić information content (AvgIpc) is 3.49. The number of hydrogen-bond acceptors (Lipinski definition) is 5. The van der Waals surface area contributed by atoms with E-state index in [-0.39, 0.29) is 35.9 Å². The van der Waals surface area contributed by atoms with Crippen LogP contribution in [-0.4, -0.2) is 36.8 Å². The van der Waals surface area contributed by atoms with E-state index in [0.717, 1.165) is 16.8 Å². The number of aryl methyl sites for hydroxylation is 2. The van der Waals surface area contributed by atoms with Gasteiger partial charge < -0.3 is 5.32 Å². The number of carbonyl (C=O) groups is 1. The van der Waals surface area contributed by atoms with Crippen molar-refractivity contribution in [1.82, 2.24) is 29.7 Å². The molecule has 0 fully saturated rings. The van der Waals surface area contributed by atoms with E-state index < -0.39 is 35.3 Å². The minimum atomic E-state index is -4.80. The second-order valence-corrected chi connectivity index (χ2v) is 8.73. The van der Waals surface area contributed by atoms with E-state index in [2.05, 4.69) is 20.5 Å². The SMILES string of the molecule is Cc1cc(C(F)(F)F)nn1CCCNC(=O)c1nn2c(C(F)(F)F)cc(-c3cccs3)nc2c1Cl. The minimum Gasteiger partial charge on any atom is -0.351 e. The van der Waals surface area contributed by atoms with Gasteiger partial charge >= 0.3 is 12.4 Å². The van der Waals surface area contributed by atoms with Gasteiger partial charge in [0.15, 0.2) is 22.7 Å². The molecule has 0 bridgehead atoms. The third-order valence-electron chi connectivity index (χ3n) is 4.92. The van der Waals surface area contributed by atoms with Crippen molar-refractivity contribution < 1.29 is 31.1 Å². The van der Waals surface area contributed by atoms with E-state index in [0.29, 0.717) is 15.1 Å². The maximum absolute atomic E-state index is 13.7. The molecule has 0 radical (unpaired) electrons. The molecule has 0 aromatic carbocycles. The van der Waals surface area contributed by atoms with E-state index >= 15 is 0 Å². The Balaban J connectivity index is 1.52. The summed E-state index contributed by atoms with van der Waals surface area (Å²) in [6, 6.07) is 4.99. The molecular formula is C20H15ClF6N6OS. The predicted octanol–water partition coefficient (Wildman–Crippen LogP) is 5.47. The lowest BCUT2D eigenvalue weighted by Crippen LogP contribution is -2.26. The molecule has 7 nitrogen and oxygen atoms in total. The summed E-state index contributed by atoms with van der Waals surface area (Å²) in [5.74, 6) is -0.848. The molecule has 4 heterocycles. The fraction of sp³-hybridized carbons (Fsp3) is 0.300. The van der Waals surface area contributed by atoms with E-state index in [1.165, 1.54) is 18.3 Å². The number of fused-ring (bicyclic) bond motifs is 1. The number of halogens is 7. The van der Waals surface area contributed by atoms with Crippen LogP contribution in [0, 0.1) is 6.92 Å². The lowest BCUT2D eigenvalue weighted by Gasteiger charge is -2.10. The first-order valence-corrected chi connectivity index (χ1v) is 11.2. The Labute approximate surface area is 202 Å². The lowest BCUT2D eigenvalue weighted by atomic mass is 10.2. The van der Waals surface area contributed by atoms with Crippen molar-refractivity contribution in [3.8, 4) is 10.6 Å². The Morgan fingerprint density at radius 1 is 1.14 bits per heavy atom. The van der Waals surface area contributed by atoms with Crippen molar-refractivity contribution in [2.24, 2.45) is 0 Å². The van der Waals surface area contributed by atoms with Gasteiger partial charge in [-0.3, -0.25) is 9.48 Å². The molecule has 0 atom stereocenters. The van der Waals surface area contributed by atoms with Crippen molar-refractivity contribution in [3.05, 3.63) is 57.4 Å². The van der Waals surface area contributed by atoms with Crippen LogP contribution in [0.2, 0.25) is 5.02 Å². The molecular weight excluding hydrogens is 522 g/mol. The molecule has 0 spiro atoms. The lowest BCUT2D eigenvalue weighted by molar-refractivity contribution is -0.143. The van der Waals surface area contributed by atoms with Crippen molar-refractivity contribution >= 4 is 34.5 Å². The van der Waals surface area contributed by atoms with Gasteiger partial charge in [0, 0.05) is 18.8 Å². The molecule has 0 unspecified atom stereocenters. The average molecular weight is 537 g/mol. The monoisotopic (exact) mass is 536 g/mol. The number of amides is 1. The summed E-state index contributed by atoms with van der Waals surface area (Å²) < 4.78 is 81.0. The standard InChI is InChI=1S/C20H15ClF6N6OS/c1-10-8-13(19(22,23)24)30-32(10)6-3-5-28-18(34)16-15(21)17-29-11(12-4-2-7-35-12)9-14(20(25,26)27)33(17)31-16/h2,4,7-9H,3,5-6H2,1H3,(H,28,34). The Morgan fingerprint density at radius 3 is 2.49 bits per heavy atom. The van der Waals surface area contributed by atoms with Crippen molar-refractivity contribution in [2.45, 2.75) is 32.2 Å². The molecule has 0 saturated carbocycles. The number of nitrogens with zero attached hydrogens (tertiary/aromatic N) is 5. The fourth-order valence-electron chi connectivity index (χ4n) is 3.28. The minimum absolute atomic E-state index is 0.0102. The van der Waals surface area contributed by atoms with Gasteiger partial charge in [-0.25, -0.2) is 9.50 Å². The molecule has 35 heavy (non-hydrogen) atoms. The largest absolute Gasteiger partial charge is 0.435 e. The van der Waals surface area contributed by atoms with E-state index in [4.69, 9.17) is 11.6 Å². The summed E-state index contributed by atoms with van der Waals surface area (Å²) >= 11 is 7.38. The first-order chi connectivity index (χ1) is 16.4. The Morgan fingerprint density at radius 2 is 1.89 bits per heavy atom. The van der Waals surface area contributed by atoms with Crippen LogP contribution in [0.5, 0.6) is 0 Å². The van der Waals surface area contributed by atoms with Gasteiger partial charge in [0.1, 0.15) is 5.02 Å². The van der Waals surface area contributed by atoms with Crippen LogP contribution in [0.1, 0.15) is 34.0 Å². The van der Waals surface area contributed by atoms with Gasteiger partial charge in [-0.2, -0.15) is 36.5 Å². The van der Waals surface area contributed by atoms with Crippen LogP contribution < -0.4 is 5.32 Å². The van der Waals surface area contributed by atoms with Gasteiger partial charge in [0.2, 0.25) is 0 Å². The smallest absolute Gasteiger partial charge is 0.351 e. The van der Waals surface area contributed by atoms with Gasteiger partial charge in [-0.05, 0) is 36.9 Å². The zero-order valence-electron chi connectivity index (χ0n) is 17.7. The fourth-order valence-corrected chi connectivity index (χ4v) is 4.21. The quantitative estimate of drug-likeness (QED) is 0.262. The summed E-state index contributed by atoms with van der Waals surface area (Å²) in [7, 11) is 0. The van der Waals surface area contributed by atoms with E-state index in [9.17, 15) is 31.1 Å². The van der Waals surface area contributed by atoms with Crippen molar-refractivity contribution in [1.29, 1.82) is 0 Å². The Bertz CT molecular complexity index is 1380. The molecule has 4 rings (SSSR count). The molecule has 4 aromatic rings. The van der Waals surface area contributed by atoms with Gasteiger partial charge in [0.05, 0.1) is 10.6 Å². The second kappa shape index (κ2) is 9.15. The predicted molar refractivity (Wildman–Crippen MR) is 115 cm³/mol. The van der Waals surface area contributed by atoms with Crippen LogP contribution >= 0.6 is 22.9 Å². The molecule has 15 heteroatoms. The highest BCUT2D eigenvalue weighted by atomic mass is 35.5. The summed E-state index contributed by atoms with van der Waals surface area (Å²) in [5.41, 5.74) is -2.64. The third kappa shape index (κ3) is 5.12. The van der Waals surface area contributed by atoms with E-state index in [1.54, 1.807) is 17.5 Å². The summed E-state index contributed by atoms with van der Waals surface area (Å²) in [6.45, 7) is 1.53. The molecule has 1 N–H and O–H groups in total. The highest BCUT2D eigenvalue weighted by Crippen LogP contribution is 2.35. The molecule has 0 aliphatic carbocycles. The number of hydrogen-bond donors (Lipinski definition) is 1. The summed E-state index contributed by atoms with van der Waals surface area (Å²) in [6.07, 6.45) is -9.17. The maximum atomic E-state index is 13.7. The normalized spacial score (nSPS) is 12.5. The first-order valence-electron chi connectivity index (χ1n) is 9.96. The number of aromatic nitrogens is 5. The van der Waals surface area contributed by atoms with Crippen LogP contribution in [0.4, 0.5) is 26.3 Å². The molecule has 186 valence electrons. The molecule has 1 amide bonds. The number of rotatable bonds is 6. The van der Waals surface area contributed by atoms with Crippen LogP contribution in [-0.2, 0) is 18.9 Å². The number of alkyl halides is 6. The maximum Gasteiger partial charge on any atom is 0.435 e. The molecule has 0 saturated heterocycles. The number of carbonyl (C=O) groups excluding carboxylic acids is 1. The van der Waals surface area contributed by atoms with Crippen LogP contribution in [0.25, 0.3) is 16.2 Å². The van der Waals surface area contributed by atoms with Crippen molar-refractivity contribution in [3.63, 3.8) is 0 Å². The van der Waals surface area contributed by atoms with Gasteiger partial charge in [0.25, 0.3) is 5.91 Å². The highest BCUT2D eigenvalue weighted by Gasteiger charge is 2.37. The van der Waals surface area contributed by atoms with Crippen LogP contribution in [0.15, 0.2) is 29.6 Å². The highest BCUT2D eigenvalue weighted by molar-refractivity contribution is 7.13. The van der Waals surface area contributed by atoms with Gasteiger partial charge in [-0.15, -0.1) is 11.3 Å². The summed E-state index contributed by atoms with van der Waals surface area (Å²) in [5, 5.41) is 11.0. The first kappa shape index (κ1) is 25.0. The molecule has 4 aromatic heterocycles. The second-order valence-electron chi connectivity index (χ2n) is 7.40. The van der Waals surface area contributed by atoms with Gasteiger partial charge in [-0.1, -0.05) is 17.7 Å². The Kier molecular flexibility index (Phi) is 6.53. The molecule has 0 aliphatic rings. The molecule has 0 aliphatic heterocycles. The van der Waals surface area contributed by atoms with Crippen LogP contribution in [0.3, 0.4) is 0 Å². The third-order valence-corrected chi connectivity index (χ3v) is 6.16. The number of thiophene rings is 1. The zero-order chi connectivity index (χ0) is 25.5. The summed E-state index contributed by atoms with van der Waals surface area (Å²) in [4.78, 5) is 17.2. The Hall–Kier alpha value is -3.13. The zero-order valence-corrected chi connectivity index (χ0v) is 19.3. The topological polar surface area (TPSA) is 77.1 Å². The van der Waals surface area contributed by atoms with E-state index in [1.807, 2.05) is 0 Å². The van der Waals surface area contributed by atoms with Crippen molar-refractivity contribution in [2.75, 3.05) is 6.54 Å².